The first-order chi connectivity index (χ1) is 14.0. The number of rotatable bonds is 3. The van der Waals surface area contributed by atoms with E-state index in [9.17, 15) is 14.0 Å². The number of carbonyl (C=O) groups is 2. The van der Waals surface area contributed by atoms with Gasteiger partial charge in [0.2, 0.25) is 0 Å². The zero-order valence-corrected chi connectivity index (χ0v) is 16.5. The molecule has 1 heterocycles. The molecule has 152 valence electrons. The fourth-order valence-electron chi connectivity index (χ4n) is 4.17. The summed E-state index contributed by atoms with van der Waals surface area (Å²) in [5.41, 5.74) is 1.71. The normalized spacial score (nSPS) is 19.9. The third kappa shape index (κ3) is 4.26. The average Bonchev–Trinajstić information content (AvgIpc) is 2.85. The number of hydrogen-bond donors (Lipinski definition) is 1. The summed E-state index contributed by atoms with van der Waals surface area (Å²) in [6, 6.07) is 11.2. The fraction of sp³-hybridized carbons (Fsp3) is 0.391. The predicted octanol–water partition coefficient (Wildman–Crippen LogP) is 4.52. The molecule has 1 fully saturated rings. The first-order valence-corrected chi connectivity index (χ1v) is 10.2. The van der Waals surface area contributed by atoms with E-state index >= 15 is 0 Å². The highest BCUT2D eigenvalue weighted by atomic mass is 19.1. The lowest BCUT2D eigenvalue weighted by Crippen LogP contribution is -2.45. The number of halogens is 1. The van der Waals surface area contributed by atoms with Crippen LogP contribution in [0.4, 0.5) is 10.1 Å². The van der Waals surface area contributed by atoms with Gasteiger partial charge in [-0.1, -0.05) is 25.3 Å². The minimum atomic E-state index is -0.536. The van der Waals surface area contributed by atoms with E-state index in [1.165, 1.54) is 24.6 Å². The van der Waals surface area contributed by atoms with E-state index in [0.717, 1.165) is 31.2 Å². The molecule has 0 bridgehead atoms. The standard InChI is InChI=1S/C23H25FN2O3/c1-15-23(28)26(20-8-3-2-4-9-20)14-17-13-19(10-11-21(17)29-15)25-22(27)16-6-5-7-18(24)12-16/h5-7,10-13,15,20H,2-4,8-9,14H2,1H3,(H,25,27). The van der Waals surface area contributed by atoms with Crippen LogP contribution in [0.15, 0.2) is 42.5 Å². The molecule has 1 unspecified atom stereocenters. The summed E-state index contributed by atoms with van der Waals surface area (Å²) >= 11 is 0. The summed E-state index contributed by atoms with van der Waals surface area (Å²) in [5.74, 6) is -0.164. The summed E-state index contributed by atoms with van der Waals surface area (Å²) < 4.78 is 19.3. The molecule has 2 aliphatic rings. The zero-order valence-electron chi connectivity index (χ0n) is 16.5. The van der Waals surface area contributed by atoms with Gasteiger partial charge in [-0.05, 0) is 56.2 Å². The lowest BCUT2D eigenvalue weighted by Gasteiger charge is -2.34. The van der Waals surface area contributed by atoms with Gasteiger partial charge in [0, 0.05) is 29.4 Å². The molecule has 2 aromatic rings. The molecule has 2 amide bonds. The minimum Gasteiger partial charge on any atom is -0.481 e. The molecule has 2 aromatic carbocycles. The van der Waals surface area contributed by atoms with Gasteiger partial charge >= 0.3 is 0 Å². The molecule has 6 heteroatoms. The Bertz CT molecular complexity index is 924. The molecule has 0 radical (unpaired) electrons. The van der Waals surface area contributed by atoms with Crippen LogP contribution in [0, 0.1) is 5.82 Å². The second-order valence-electron chi connectivity index (χ2n) is 7.81. The van der Waals surface area contributed by atoms with Crippen LogP contribution in [0.3, 0.4) is 0 Å². The van der Waals surface area contributed by atoms with Gasteiger partial charge in [0.05, 0.1) is 0 Å². The van der Waals surface area contributed by atoms with Crippen LogP contribution in [0.2, 0.25) is 0 Å². The maximum Gasteiger partial charge on any atom is 0.263 e. The van der Waals surface area contributed by atoms with Gasteiger partial charge in [-0.25, -0.2) is 4.39 Å². The Hall–Kier alpha value is -2.89. The topological polar surface area (TPSA) is 58.6 Å². The van der Waals surface area contributed by atoms with Crippen LogP contribution < -0.4 is 10.1 Å². The van der Waals surface area contributed by atoms with Crippen molar-refractivity contribution in [1.29, 1.82) is 0 Å². The Morgan fingerprint density at radius 2 is 1.93 bits per heavy atom. The van der Waals surface area contributed by atoms with Crippen LogP contribution in [0.5, 0.6) is 5.75 Å². The van der Waals surface area contributed by atoms with Gasteiger partial charge in [0.25, 0.3) is 11.8 Å². The maximum absolute atomic E-state index is 13.4. The highest BCUT2D eigenvalue weighted by Crippen LogP contribution is 2.32. The lowest BCUT2D eigenvalue weighted by molar-refractivity contribution is -0.140. The van der Waals surface area contributed by atoms with Crippen molar-refractivity contribution in [3.63, 3.8) is 0 Å². The highest BCUT2D eigenvalue weighted by molar-refractivity contribution is 6.04. The van der Waals surface area contributed by atoms with Crippen molar-refractivity contribution in [2.24, 2.45) is 0 Å². The first kappa shape index (κ1) is 19.4. The average molecular weight is 396 g/mol. The molecule has 0 saturated heterocycles. The van der Waals surface area contributed by atoms with Crippen LogP contribution in [0.25, 0.3) is 0 Å². The van der Waals surface area contributed by atoms with Gasteiger partial charge in [-0.15, -0.1) is 0 Å². The van der Waals surface area contributed by atoms with Gasteiger partial charge in [-0.3, -0.25) is 9.59 Å². The van der Waals surface area contributed by atoms with E-state index < -0.39 is 11.9 Å². The SMILES string of the molecule is CC1Oc2ccc(NC(=O)c3cccc(F)c3)cc2CN(C2CCCCC2)C1=O. The predicted molar refractivity (Wildman–Crippen MR) is 108 cm³/mol. The molecule has 1 aliphatic heterocycles. The second kappa shape index (κ2) is 8.23. The molecule has 1 atom stereocenters. The second-order valence-corrected chi connectivity index (χ2v) is 7.81. The van der Waals surface area contributed by atoms with E-state index in [1.807, 2.05) is 11.0 Å². The quantitative estimate of drug-likeness (QED) is 0.830. The smallest absolute Gasteiger partial charge is 0.263 e. The van der Waals surface area contributed by atoms with Crippen molar-refractivity contribution in [1.82, 2.24) is 4.90 Å². The summed E-state index contributed by atoms with van der Waals surface area (Å²) in [7, 11) is 0. The molecule has 5 nitrogen and oxygen atoms in total. The Balaban J connectivity index is 1.57. The number of nitrogens with zero attached hydrogens (tertiary/aromatic N) is 1. The Kier molecular flexibility index (Phi) is 5.51. The van der Waals surface area contributed by atoms with Gasteiger partial charge in [0.15, 0.2) is 6.10 Å². The van der Waals surface area contributed by atoms with Crippen molar-refractivity contribution in [2.45, 2.75) is 57.7 Å². The summed E-state index contributed by atoms with van der Waals surface area (Å²) in [6.07, 6.45) is 5.00. The van der Waals surface area contributed by atoms with Crippen molar-refractivity contribution >= 4 is 17.5 Å². The van der Waals surface area contributed by atoms with E-state index in [1.54, 1.807) is 25.1 Å². The molecule has 0 aromatic heterocycles. The van der Waals surface area contributed by atoms with Crippen LogP contribution >= 0.6 is 0 Å². The number of fused-ring (bicyclic) bond motifs is 1. The molecule has 0 spiro atoms. The number of nitrogens with one attached hydrogen (secondary N) is 1. The zero-order chi connectivity index (χ0) is 20.4. The fourth-order valence-corrected chi connectivity index (χ4v) is 4.17. The Morgan fingerprint density at radius 1 is 1.14 bits per heavy atom. The number of amides is 2. The molecular weight excluding hydrogens is 371 g/mol. The van der Waals surface area contributed by atoms with Crippen LogP contribution in [-0.2, 0) is 11.3 Å². The van der Waals surface area contributed by atoms with Crippen molar-refractivity contribution in [3.05, 3.63) is 59.4 Å². The molecule has 4 rings (SSSR count). The molecule has 29 heavy (non-hydrogen) atoms. The summed E-state index contributed by atoms with van der Waals surface area (Å²) in [4.78, 5) is 27.3. The van der Waals surface area contributed by atoms with Gasteiger partial charge in [0.1, 0.15) is 11.6 Å². The largest absolute Gasteiger partial charge is 0.481 e. The monoisotopic (exact) mass is 396 g/mol. The molecule has 1 saturated carbocycles. The lowest BCUT2D eigenvalue weighted by atomic mass is 9.93. The summed E-state index contributed by atoms with van der Waals surface area (Å²) in [6.45, 7) is 2.25. The first-order valence-electron chi connectivity index (χ1n) is 10.2. The number of benzene rings is 2. The molecule has 1 aliphatic carbocycles. The maximum atomic E-state index is 13.4. The third-order valence-electron chi connectivity index (χ3n) is 5.70. The van der Waals surface area contributed by atoms with Gasteiger partial charge < -0.3 is 15.0 Å². The van der Waals surface area contributed by atoms with Crippen LogP contribution in [0.1, 0.15) is 54.9 Å². The minimum absolute atomic E-state index is 0.0125. The number of hydrogen-bond acceptors (Lipinski definition) is 3. The van der Waals surface area contributed by atoms with Gasteiger partial charge in [-0.2, -0.15) is 0 Å². The van der Waals surface area contributed by atoms with E-state index in [4.69, 9.17) is 4.74 Å². The van der Waals surface area contributed by atoms with Crippen molar-refractivity contribution < 1.29 is 18.7 Å². The third-order valence-corrected chi connectivity index (χ3v) is 5.70. The summed E-state index contributed by atoms with van der Waals surface area (Å²) in [5, 5.41) is 2.81. The highest BCUT2D eigenvalue weighted by Gasteiger charge is 2.33. The van der Waals surface area contributed by atoms with E-state index in [-0.39, 0.29) is 23.4 Å². The number of carbonyl (C=O) groups excluding carboxylic acids is 2. The Morgan fingerprint density at radius 3 is 2.69 bits per heavy atom. The van der Waals surface area contributed by atoms with E-state index in [0.29, 0.717) is 18.0 Å². The van der Waals surface area contributed by atoms with Crippen molar-refractivity contribution in [3.8, 4) is 5.75 Å². The molecular formula is C23H25FN2O3. The number of ether oxygens (including phenoxy) is 1. The van der Waals surface area contributed by atoms with Crippen LogP contribution in [-0.4, -0.2) is 28.9 Å². The van der Waals surface area contributed by atoms with E-state index in [2.05, 4.69) is 5.32 Å². The number of anilines is 1. The molecule has 1 N–H and O–H groups in total. The Labute approximate surface area is 169 Å². The van der Waals surface area contributed by atoms with Crippen molar-refractivity contribution in [2.75, 3.05) is 5.32 Å².